The van der Waals surface area contributed by atoms with Gasteiger partial charge in [-0.15, -0.1) is 0 Å². The molecule has 1 saturated heterocycles. The van der Waals surface area contributed by atoms with Crippen molar-refractivity contribution in [2.45, 2.75) is 33.7 Å². The summed E-state index contributed by atoms with van der Waals surface area (Å²) in [5.74, 6) is 0.623. The number of benzene rings is 1. The number of anilines is 1. The molecule has 1 aromatic carbocycles. The van der Waals surface area contributed by atoms with Crippen molar-refractivity contribution in [2.75, 3.05) is 58.2 Å². The van der Waals surface area contributed by atoms with Crippen molar-refractivity contribution < 1.29 is 14.3 Å². The molecule has 7 nitrogen and oxygen atoms in total. The number of likely N-dealkylation sites (N-methyl/N-ethyl adjacent to an activating group) is 1. The Morgan fingerprint density at radius 1 is 1.21 bits per heavy atom. The minimum Gasteiger partial charge on any atom is -0.495 e. The van der Waals surface area contributed by atoms with E-state index >= 15 is 0 Å². The van der Waals surface area contributed by atoms with Gasteiger partial charge in [-0.05, 0) is 39.3 Å². The van der Waals surface area contributed by atoms with E-state index < -0.39 is 0 Å². The van der Waals surface area contributed by atoms with Crippen LogP contribution < -0.4 is 10.1 Å². The Kier molecular flexibility index (Phi) is 8.74. The molecule has 0 saturated carbocycles. The first-order valence-electron chi connectivity index (χ1n) is 10.2. The van der Waals surface area contributed by atoms with Gasteiger partial charge < -0.3 is 15.0 Å². The quantitative estimate of drug-likeness (QED) is 0.694. The molecule has 1 aliphatic rings. The van der Waals surface area contributed by atoms with Crippen LogP contribution in [0.3, 0.4) is 0 Å². The number of amides is 2. The zero-order valence-corrected chi connectivity index (χ0v) is 18.9. The van der Waals surface area contributed by atoms with E-state index in [1.807, 2.05) is 38.7 Å². The van der Waals surface area contributed by atoms with E-state index in [1.54, 1.807) is 13.2 Å². The van der Waals surface area contributed by atoms with Crippen molar-refractivity contribution >= 4 is 29.1 Å². The van der Waals surface area contributed by atoms with Crippen LogP contribution in [0.15, 0.2) is 12.1 Å². The fourth-order valence-electron chi connectivity index (χ4n) is 3.51. The van der Waals surface area contributed by atoms with Crippen molar-refractivity contribution in [3.63, 3.8) is 0 Å². The summed E-state index contributed by atoms with van der Waals surface area (Å²) in [7, 11) is 1.55. The lowest BCUT2D eigenvalue weighted by Crippen LogP contribution is -2.54. The molecule has 0 bridgehead atoms. The minimum absolute atomic E-state index is 0.0855. The van der Waals surface area contributed by atoms with Gasteiger partial charge in [0.15, 0.2) is 0 Å². The van der Waals surface area contributed by atoms with E-state index in [-0.39, 0.29) is 17.9 Å². The lowest BCUT2D eigenvalue weighted by Gasteiger charge is -2.37. The van der Waals surface area contributed by atoms with Crippen molar-refractivity contribution in [1.82, 2.24) is 14.7 Å². The number of carbonyl (C=O) groups excluding carboxylic acids is 2. The van der Waals surface area contributed by atoms with E-state index in [9.17, 15) is 9.59 Å². The van der Waals surface area contributed by atoms with Gasteiger partial charge in [0.05, 0.1) is 25.4 Å². The number of aryl methyl sites for hydroxylation is 1. The van der Waals surface area contributed by atoms with Crippen LogP contribution in [0.4, 0.5) is 5.69 Å². The molecule has 1 aromatic rings. The Balaban J connectivity index is 1.90. The van der Waals surface area contributed by atoms with Gasteiger partial charge in [-0.25, -0.2) is 0 Å². The molecule has 0 aliphatic carbocycles. The summed E-state index contributed by atoms with van der Waals surface area (Å²) < 4.78 is 5.34. The maximum absolute atomic E-state index is 12.8. The molecule has 0 radical (unpaired) electrons. The highest BCUT2D eigenvalue weighted by molar-refractivity contribution is 6.31. The fourth-order valence-corrected chi connectivity index (χ4v) is 3.66. The van der Waals surface area contributed by atoms with Crippen LogP contribution in [-0.2, 0) is 9.59 Å². The molecule has 1 atom stereocenters. The summed E-state index contributed by atoms with van der Waals surface area (Å²) >= 11 is 6.14. The van der Waals surface area contributed by atoms with E-state index in [1.165, 1.54) is 0 Å². The first-order chi connectivity index (χ1) is 13.8. The second kappa shape index (κ2) is 10.8. The molecular weight excluding hydrogens is 392 g/mol. The van der Waals surface area contributed by atoms with Crippen molar-refractivity contribution in [2.24, 2.45) is 0 Å². The zero-order valence-electron chi connectivity index (χ0n) is 18.1. The third kappa shape index (κ3) is 6.07. The Hall–Kier alpha value is -1.83. The number of rotatable bonds is 8. The van der Waals surface area contributed by atoms with Crippen molar-refractivity contribution in [3.05, 3.63) is 22.7 Å². The van der Waals surface area contributed by atoms with Gasteiger partial charge in [0.2, 0.25) is 11.8 Å². The molecule has 1 unspecified atom stereocenters. The molecule has 162 valence electrons. The Morgan fingerprint density at radius 3 is 2.38 bits per heavy atom. The Morgan fingerprint density at radius 2 is 1.83 bits per heavy atom. The molecule has 0 spiro atoms. The largest absolute Gasteiger partial charge is 0.495 e. The number of nitrogens with one attached hydrogen (secondary N) is 1. The van der Waals surface area contributed by atoms with Crippen molar-refractivity contribution in [3.8, 4) is 5.75 Å². The lowest BCUT2D eigenvalue weighted by atomic mass is 10.1. The van der Waals surface area contributed by atoms with Gasteiger partial charge in [-0.3, -0.25) is 19.4 Å². The second-order valence-corrected chi connectivity index (χ2v) is 7.75. The SMILES string of the molecule is CCN(CC)C(=O)CN1CCN(C(C)C(=O)Nc2cc(C)c(Cl)cc2OC)CC1. The average molecular weight is 425 g/mol. The van der Waals surface area contributed by atoms with E-state index in [0.29, 0.717) is 23.0 Å². The molecular formula is C21H33ClN4O3. The summed E-state index contributed by atoms with van der Waals surface area (Å²) in [6.45, 7) is 12.7. The van der Waals surface area contributed by atoms with Gasteiger partial charge in [0, 0.05) is 50.4 Å². The predicted octanol–water partition coefficient (Wildman–Crippen LogP) is 2.47. The number of hydrogen-bond acceptors (Lipinski definition) is 5. The first kappa shape index (κ1) is 23.4. The lowest BCUT2D eigenvalue weighted by molar-refractivity contribution is -0.133. The fraction of sp³-hybridized carbons (Fsp3) is 0.619. The topological polar surface area (TPSA) is 65.1 Å². The summed E-state index contributed by atoms with van der Waals surface area (Å²) in [4.78, 5) is 31.2. The Bertz CT molecular complexity index is 716. The second-order valence-electron chi connectivity index (χ2n) is 7.35. The molecule has 29 heavy (non-hydrogen) atoms. The van der Waals surface area contributed by atoms with Gasteiger partial charge >= 0.3 is 0 Å². The number of nitrogens with zero attached hydrogens (tertiary/aromatic N) is 3. The minimum atomic E-state index is -0.281. The van der Waals surface area contributed by atoms with Gasteiger partial charge in [-0.1, -0.05) is 11.6 Å². The average Bonchev–Trinajstić information content (AvgIpc) is 2.71. The normalized spacial score (nSPS) is 16.3. The van der Waals surface area contributed by atoms with E-state index in [2.05, 4.69) is 15.1 Å². The van der Waals surface area contributed by atoms with Crippen LogP contribution in [-0.4, -0.2) is 85.5 Å². The summed E-state index contributed by atoms with van der Waals surface area (Å²) in [6.07, 6.45) is 0. The summed E-state index contributed by atoms with van der Waals surface area (Å²) in [6, 6.07) is 3.25. The summed E-state index contributed by atoms with van der Waals surface area (Å²) in [5, 5.41) is 3.56. The molecule has 2 rings (SSSR count). The monoisotopic (exact) mass is 424 g/mol. The van der Waals surface area contributed by atoms with E-state index in [4.69, 9.17) is 16.3 Å². The van der Waals surface area contributed by atoms with Crippen LogP contribution in [0.25, 0.3) is 0 Å². The highest BCUT2D eigenvalue weighted by atomic mass is 35.5. The number of hydrogen-bond donors (Lipinski definition) is 1. The third-order valence-electron chi connectivity index (χ3n) is 5.55. The predicted molar refractivity (Wildman–Crippen MR) is 117 cm³/mol. The maximum atomic E-state index is 12.8. The van der Waals surface area contributed by atoms with Crippen molar-refractivity contribution in [1.29, 1.82) is 0 Å². The van der Waals surface area contributed by atoms with Crippen LogP contribution in [0.1, 0.15) is 26.3 Å². The third-order valence-corrected chi connectivity index (χ3v) is 5.95. The standard InChI is InChI=1S/C21H33ClN4O3/c1-6-25(7-2)20(27)14-24-8-10-26(11-9-24)16(4)21(28)23-18-12-15(3)17(22)13-19(18)29-5/h12-13,16H,6-11,14H2,1-5H3,(H,23,28). The number of halogens is 1. The number of carbonyl (C=O) groups is 2. The Labute approximate surface area is 178 Å². The number of ether oxygens (including phenoxy) is 1. The maximum Gasteiger partial charge on any atom is 0.241 e. The molecule has 1 N–H and O–H groups in total. The smallest absolute Gasteiger partial charge is 0.241 e. The molecule has 0 aromatic heterocycles. The number of piperazine rings is 1. The summed E-state index contributed by atoms with van der Waals surface area (Å²) in [5.41, 5.74) is 1.50. The molecule has 8 heteroatoms. The van der Waals surface area contributed by atoms with E-state index in [0.717, 1.165) is 44.8 Å². The van der Waals surface area contributed by atoms with Crippen LogP contribution in [0.2, 0.25) is 5.02 Å². The van der Waals surface area contributed by atoms with Crippen LogP contribution in [0.5, 0.6) is 5.75 Å². The molecule has 1 fully saturated rings. The van der Waals surface area contributed by atoms with Crippen LogP contribution >= 0.6 is 11.6 Å². The highest BCUT2D eigenvalue weighted by Crippen LogP contribution is 2.31. The molecule has 1 aliphatic heterocycles. The molecule has 2 amide bonds. The van der Waals surface area contributed by atoms with Gasteiger partial charge in [-0.2, -0.15) is 0 Å². The number of methoxy groups -OCH3 is 1. The van der Waals surface area contributed by atoms with Gasteiger partial charge in [0.1, 0.15) is 5.75 Å². The van der Waals surface area contributed by atoms with Crippen LogP contribution in [0, 0.1) is 6.92 Å². The zero-order chi connectivity index (χ0) is 21.6. The first-order valence-corrected chi connectivity index (χ1v) is 10.6. The highest BCUT2D eigenvalue weighted by Gasteiger charge is 2.27. The van der Waals surface area contributed by atoms with Gasteiger partial charge in [0.25, 0.3) is 0 Å². The molecule has 1 heterocycles.